The topological polar surface area (TPSA) is 64.4 Å². The largest absolute Gasteiger partial charge is 0.496 e. The summed E-state index contributed by atoms with van der Waals surface area (Å²) in [5, 5.41) is 14.0. The van der Waals surface area contributed by atoms with Crippen molar-refractivity contribution in [1.29, 1.82) is 0 Å². The molecule has 0 aliphatic carbocycles. The molecular formula is C14H12BrClN2O3. The lowest BCUT2D eigenvalue weighted by atomic mass is 10.2. The van der Waals surface area contributed by atoms with Crippen molar-refractivity contribution in [2.45, 2.75) is 6.54 Å². The molecular weight excluding hydrogens is 360 g/mol. The van der Waals surface area contributed by atoms with Gasteiger partial charge in [-0.1, -0.05) is 17.7 Å². The standard InChI is InChI=1S/C14H12BrClN2O3/c1-21-14-5-2-9(6-11(14)15)8-17-10-3-4-13(18(19)20)12(16)7-10/h2-7,17H,8H2,1H3. The number of anilines is 1. The molecule has 0 aliphatic rings. The van der Waals surface area contributed by atoms with Crippen LogP contribution in [-0.4, -0.2) is 12.0 Å². The zero-order valence-corrected chi connectivity index (χ0v) is 13.4. The monoisotopic (exact) mass is 370 g/mol. The molecule has 0 aliphatic heterocycles. The van der Waals surface area contributed by atoms with Gasteiger partial charge in [0, 0.05) is 18.3 Å². The number of benzene rings is 2. The van der Waals surface area contributed by atoms with Gasteiger partial charge in [-0.3, -0.25) is 10.1 Å². The van der Waals surface area contributed by atoms with Gasteiger partial charge >= 0.3 is 0 Å². The molecule has 0 spiro atoms. The minimum atomic E-state index is -0.507. The number of methoxy groups -OCH3 is 1. The molecule has 0 aromatic heterocycles. The van der Waals surface area contributed by atoms with Crippen LogP contribution in [0.5, 0.6) is 5.75 Å². The van der Waals surface area contributed by atoms with E-state index in [-0.39, 0.29) is 10.7 Å². The molecule has 7 heteroatoms. The minimum absolute atomic E-state index is 0.102. The third-order valence-electron chi connectivity index (χ3n) is 2.86. The van der Waals surface area contributed by atoms with Crippen LogP contribution in [-0.2, 0) is 6.54 Å². The van der Waals surface area contributed by atoms with Gasteiger partial charge in [-0.05, 0) is 45.8 Å². The Morgan fingerprint density at radius 2 is 2.10 bits per heavy atom. The second kappa shape index (κ2) is 6.78. The summed E-state index contributed by atoms with van der Waals surface area (Å²) in [7, 11) is 1.61. The maximum atomic E-state index is 10.7. The van der Waals surface area contributed by atoms with Crippen molar-refractivity contribution in [3.05, 3.63) is 61.6 Å². The molecule has 5 nitrogen and oxygen atoms in total. The van der Waals surface area contributed by atoms with Crippen LogP contribution in [0.4, 0.5) is 11.4 Å². The molecule has 2 rings (SSSR count). The number of hydrogen-bond acceptors (Lipinski definition) is 4. The quantitative estimate of drug-likeness (QED) is 0.614. The van der Waals surface area contributed by atoms with E-state index in [9.17, 15) is 10.1 Å². The van der Waals surface area contributed by atoms with Crippen LogP contribution >= 0.6 is 27.5 Å². The zero-order valence-electron chi connectivity index (χ0n) is 11.1. The van der Waals surface area contributed by atoms with E-state index in [4.69, 9.17) is 16.3 Å². The smallest absolute Gasteiger partial charge is 0.288 e. The Labute approximate surface area is 135 Å². The summed E-state index contributed by atoms with van der Waals surface area (Å²) < 4.78 is 6.03. The Morgan fingerprint density at radius 1 is 1.33 bits per heavy atom. The second-order valence-electron chi connectivity index (χ2n) is 4.25. The highest BCUT2D eigenvalue weighted by Crippen LogP contribution is 2.28. The molecule has 0 saturated heterocycles. The van der Waals surface area contributed by atoms with E-state index in [1.807, 2.05) is 18.2 Å². The first-order valence-electron chi connectivity index (χ1n) is 6.01. The van der Waals surface area contributed by atoms with Crippen LogP contribution in [0.2, 0.25) is 5.02 Å². The van der Waals surface area contributed by atoms with E-state index in [2.05, 4.69) is 21.2 Å². The Kier molecular flexibility index (Phi) is 5.03. The Balaban J connectivity index is 2.08. The molecule has 0 saturated carbocycles. The van der Waals surface area contributed by atoms with Gasteiger partial charge in [0.25, 0.3) is 5.69 Å². The van der Waals surface area contributed by atoms with Crippen LogP contribution in [0.1, 0.15) is 5.56 Å². The van der Waals surface area contributed by atoms with Crippen molar-refractivity contribution < 1.29 is 9.66 Å². The number of halogens is 2. The Morgan fingerprint density at radius 3 is 2.67 bits per heavy atom. The van der Waals surface area contributed by atoms with Crippen LogP contribution in [0.25, 0.3) is 0 Å². The van der Waals surface area contributed by atoms with Gasteiger partial charge in [0.1, 0.15) is 10.8 Å². The number of nitro benzene ring substituents is 1. The lowest BCUT2D eigenvalue weighted by Crippen LogP contribution is -2.00. The highest BCUT2D eigenvalue weighted by atomic mass is 79.9. The van der Waals surface area contributed by atoms with Crippen molar-refractivity contribution in [2.24, 2.45) is 0 Å². The fourth-order valence-electron chi connectivity index (χ4n) is 1.79. The normalized spacial score (nSPS) is 10.2. The van der Waals surface area contributed by atoms with E-state index in [1.54, 1.807) is 13.2 Å². The first kappa shape index (κ1) is 15.6. The summed E-state index contributed by atoms with van der Waals surface area (Å²) in [5.41, 5.74) is 1.66. The summed E-state index contributed by atoms with van der Waals surface area (Å²) in [6.07, 6.45) is 0. The summed E-state index contributed by atoms with van der Waals surface area (Å²) in [5.74, 6) is 0.761. The number of nitrogens with one attached hydrogen (secondary N) is 1. The number of ether oxygens (including phenoxy) is 1. The Hall–Kier alpha value is -1.79. The number of nitro groups is 1. The SMILES string of the molecule is COc1ccc(CNc2ccc([N+](=O)[O-])c(Cl)c2)cc1Br. The highest BCUT2D eigenvalue weighted by Gasteiger charge is 2.11. The van der Waals surface area contributed by atoms with Crippen molar-refractivity contribution >= 4 is 38.9 Å². The molecule has 0 atom stereocenters. The average Bonchev–Trinajstić information content (AvgIpc) is 2.45. The Bertz CT molecular complexity index is 679. The van der Waals surface area contributed by atoms with Crippen molar-refractivity contribution in [3.8, 4) is 5.75 Å². The van der Waals surface area contributed by atoms with Crippen LogP contribution in [0.15, 0.2) is 40.9 Å². The zero-order chi connectivity index (χ0) is 15.4. The summed E-state index contributed by atoms with van der Waals surface area (Å²) in [6.45, 7) is 0.566. The summed E-state index contributed by atoms with van der Waals surface area (Å²) >= 11 is 9.29. The van der Waals surface area contributed by atoms with Gasteiger partial charge in [0.05, 0.1) is 16.5 Å². The minimum Gasteiger partial charge on any atom is -0.496 e. The molecule has 21 heavy (non-hydrogen) atoms. The molecule has 0 amide bonds. The average molecular weight is 372 g/mol. The molecule has 0 heterocycles. The van der Waals surface area contributed by atoms with Gasteiger partial charge in [-0.15, -0.1) is 0 Å². The third-order valence-corrected chi connectivity index (χ3v) is 3.78. The van der Waals surface area contributed by atoms with Gasteiger partial charge in [0.2, 0.25) is 0 Å². The maximum Gasteiger partial charge on any atom is 0.288 e. The van der Waals surface area contributed by atoms with Gasteiger partial charge in [-0.2, -0.15) is 0 Å². The van der Waals surface area contributed by atoms with Crippen molar-refractivity contribution in [3.63, 3.8) is 0 Å². The van der Waals surface area contributed by atoms with Gasteiger partial charge < -0.3 is 10.1 Å². The lowest BCUT2D eigenvalue weighted by molar-refractivity contribution is -0.384. The van der Waals surface area contributed by atoms with E-state index < -0.39 is 4.92 Å². The molecule has 2 aromatic carbocycles. The van der Waals surface area contributed by atoms with E-state index in [1.165, 1.54) is 12.1 Å². The van der Waals surface area contributed by atoms with E-state index in [0.717, 1.165) is 21.5 Å². The molecule has 1 N–H and O–H groups in total. The molecule has 110 valence electrons. The van der Waals surface area contributed by atoms with Crippen molar-refractivity contribution in [1.82, 2.24) is 0 Å². The molecule has 2 aromatic rings. The number of rotatable bonds is 5. The van der Waals surface area contributed by atoms with Crippen LogP contribution in [0, 0.1) is 10.1 Å². The first-order valence-corrected chi connectivity index (χ1v) is 7.18. The van der Waals surface area contributed by atoms with E-state index >= 15 is 0 Å². The maximum absolute atomic E-state index is 10.7. The predicted octanol–water partition coefficient (Wildman–Crippen LogP) is 4.63. The highest BCUT2D eigenvalue weighted by molar-refractivity contribution is 9.10. The van der Waals surface area contributed by atoms with Gasteiger partial charge in [0.15, 0.2) is 0 Å². The van der Waals surface area contributed by atoms with Crippen LogP contribution in [0.3, 0.4) is 0 Å². The van der Waals surface area contributed by atoms with E-state index in [0.29, 0.717) is 6.54 Å². The second-order valence-corrected chi connectivity index (χ2v) is 5.51. The summed E-state index contributed by atoms with van der Waals surface area (Å²) in [6, 6.07) is 10.3. The molecule has 0 fully saturated rings. The van der Waals surface area contributed by atoms with Gasteiger partial charge in [-0.25, -0.2) is 0 Å². The van der Waals surface area contributed by atoms with Crippen LogP contribution < -0.4 is 10.1 Å². The molecule has 0 radical (unpaired) electrons. The molecule has 0 bridgehead atoms. The fourth-order valence-corrected chi connectivity index (χ4v) is 2.63. The first-order chi connectivity index (χ1) is 10.0. The number of nitrogens with zero attached hydrogens (tertiary/aromatic N) is 1. The predicted molar refractivity (Wildman–Crippen MR) is 86.1 cm³/mol. The lowest BCUT2D eigenvalue weighted by Gasteiger charge is -2.09. The molecule has 0 unspecified atom stereocenters. The van der Waals surface area contributed by atoms with Crippen molar-refractivity contribution in [2.75, 3.05) is 12.4 Å². The summed E-state index contributed by atoms with van der Waals surface area (Å²) in [4.78, 5) is 10.2. The fraction of sp³-hybridized carbons (Fsp3) is 0.143. The third kappa shape index (κ3) is 3.86. The number of hydrogen-bond donors (Lipinski definition) is 1.